The first-order valence-corrected chi connectivity index (χ1v) is 10.1. The van der Waals surface area contributed by atoms with Gasteiger partial charge in [0.05, 0.1) is 7.11 Å². The third-order valence-electron chi connectivity index (χ3n) is 5.38. The Kier molecular flexibility index (Phi) is 5.65. The molecule has 2 aliphatic rings. The molecule has 1 atom stereocenters. The maximum absolute atomic E-state index is 12.8. The monoisotopic (exact) mass is 407 g/mol. The molecule has 0 bridgehead atoms. The van der Waals surface area contributed by atoms with Crippen molar-refractivity contribution in [2.45, 2.75) is 31.2 Å². The predicted molar refractivity (Wildman–Crippen MR) is 114 cm³/mol. The topological polar surface area (TPSA) is 96.5 Å². The Balaban J connectivity index is 1.35. The van der Waals surface area contributed by atoms with Gasteiger partial charge in [0.2, 0.25) is 17.7 Å². The van der Waals surface area contributed by atoms with E-state index in [2.05, 4.69) is 27.2 Å². The number of methoxy groups -OCH3 is 1. The third-order valence-corrected chi connectivity index (χ3v) is 5.38. The van der Waals surface area contributed by atoms with Crippen molar-refractivity contribution >= 4 is 23.5 Å². The number of anilines is 2. The van der Waals surface area contributed by atoms with Gasteiger partial charge in [-0.2, -0.15) is 4.98 Å². The lowest BCUT2D eigenvalue weighted by Crippen LogP contribution is -2.31. The second kappa shape index (κ2) is 8.52. The van der Waals surface area contributed by atoms with Crippen LogP contribution >= 0.6 is 0 Å². The van der Waals surface area contributed by atoms with Crippen LogP contribution in [0, 0.1) is 0 Å². The molecule has 0 radical (unpaired) electrons. The lowest BCUT2D eigenvalue weighted by molar-refractivity contribution is -0.111. The van der Waals surface area contributed by atoms with E-state index in [9.17, 15) is 9.59 Å². The first-order chi connectivity index (χ1) is 14.6. The van der Waals surface area contributed by atoms with E-state index in [4.69, 9.17) is 4.74 Å². The molecule has 30 heavy (non-hydrogen) atoms. The molecule has 1 aromatic heterocycles. The summed E-state index contributed by atoms with van der Waals surface area (Å²) in [4.78, 5) is 34.9. The summed E-state index contributed by atoms with van der Waals surface area (Å²) in [5, 5.41) is 5.99. The zero-order valence-electron chi connectivity index (χ0n) is 16.9. The number of nitrogens with one attached hydrogen (secondary N) is 2. The van der Waals surface area contributed by atoms with Crippen molar-refractivity contribution in [1.29, 1.82) is 0 Å². The molecule has 2 heterocycles. The summed E-state index contributed by atoms with van der Waals surface area (Å²) in [5.41, 5.74) is 2.27. The summed E-state index contributed by atoms with van der Waals surface area (Å²) in [5.74, 6) is 1.35. The van der Waals surface area contributed by atoms with Gasteiger partial charge in [-0.25, -0.2) is 4.98 Å². The molecule has 4 rings (SSSR count). The second-order valence-corrected chi connectivity index (χ2v) is 7.58. The number of benzene rings is 1. The molecule has 2 aromatic rings. The fourth-order valence-corrected chi connectivity index (χ4v) is 3.60. The van der Waals surface area contributed by atoms with Gasteiger partial charge in [0.25, 0.3) is 5.91 Å². The van der Waals surface area contributed by atoms with Crippen molar-refractivity contribution in [2.75, 3.05) is 30.8 Å². The molecule has 156 valence electrons. The van der Waals surface area contributed by atoms with Crippen LogP contribution in [0.25, 0.3) is 0 Å². The summed E-state index contributed by atoms with van der Waals surface area (Å²) in [6, 6.07) is 6.93. The molecule has 8 heteroatoms. The van der Waals surface area contributed by atoms with Crippen LogP contribution in [0.5, 0.6) is 5.88 Å². The quantitative estimate of drug-likeness (QED) is 0.685. The van der Waals surface area contributed by atoms with Crippen LogP contribution < -0.4 is 15.4 Å². The van der Waals surface area contributed by atoms with E-state index < -0.39 is 0 Å². The molecular formula is C22H25N5O3. The smallest absolute Gasteiger partial charge is 0.253 e. The molecule has 1 aromatic carbocycles. The molecule has 1 saturated carbocycles. The van der Waals surface area contributed by atoms with Crippen molar-refractivity contribution in [2.24, 2.45) is 0 Å². The average Bonchev–Trinajstić information content (AvgIpc) is 3.51. The molecule has 0 spiro atoms. The summed E-state index contributed by atoms with van der Waals surface area (Å²) in [6.07, 6.45) is 6.18. The molecular weight excluding hydrogens is 382 g/mol. The number of nitrogens with zero attached hydrogens (tertiary/aromatic N) is 3. The molecule has 1 aliphatic heterocycles. The van der Waals surface area contributed by atoms with Crippen LogP contribution in [0.2, 0.25) is 0 Å². The standard InChI is InChI=1S/C22H25N5O3/c1-3-19(28)24-16-8-6-15(7-9-16)21(29)27-11-10-17(13-27)25-22-23-12-18(14-4-5-14)20(26-22)30-2/h3,6-9,12,14,17H,1,4-5,10-11,13H2,2H3,(H,24,28)(H,23,25,26). The Morgan fingerprint density at radius 3 is 2.67 bits per heavy atom. The van der Waals surface area contributed by atoms with Gasteiger partial charge in [0.15, 0.2) is 0 Å². The summed E-state index contributed by atoms with van der Waals surface area (Å²) >= 11 is 0. The van der Waals surface area contributed by atoms with Gasteiger partial charge in [0, 0.05) is 42.1 Å². The van der Waals surface area contributed by atoms with Crippen LogP contribution in [0.1, 0.15) is 41.1 Å². The summed E-state index contributed by atoms with van der Waals surface area (Å²) < 4.78 is 5.42. The van der Waals surface area contributed by atoms with Gasteiger partial charge >= 0.3 is 0 Å². The SMILES string of the molecule is C=CC(=O)Nc1ccc(C(=O)N2CCC(Nc3ncc(C4CC4)c(OC)n3)C2)cc1. The molecule has 2 N–H and O–H groups in total. The molecule has 2 amide bonds. The van der Waals surface area contributed by atoms with Crippen molar-refractivity contribution in [3.63, 3.8) is 0 Å². The lowest BCUT2D eigenvalue weighted by atomic mass is 10.2. The third kappa shape index (κ3) is 4.42. The highest BCUT2D eigenvalue weighted by molar-refractivity contribution is 5.99. The predicted octanol–water partition coefficient (Wildman–Crippen LogP) is 2.81. The zero-order valence-corrected chi connectivity index (χ0v) is 16.9. The number of aromatic nitrogens is 2. The fourth-order valence-electron chi connectivity index (χ4n) is 3.60. The molecule has 2 fully saturated rings. The molecule has 1 unspecified atom stereocenters. The Morgan fingerprint density at radius 2 is 2.00 bits per heavy atom. The van der Waals surface area contributed by atoms with Gasteiger partial charge in [-0.3, -0.25) is 9.59 Å². The van der Waals surface area contributed by atoms with Crippen molar-refractivity contribution < 1.29 is 14.3 Å². The van der Waals surface area contributed by atoms with E-state index in [-0.39, 0.29) is 17.9 Å². The molecule has 8 nitrogen and oxygen atoms in total. The Labute approximate surface area is 175 Å². The number of ether oxygens (including phenoxy) is 1. The molecule has 1 aliphatic carbocycles. The van der Waals surface area contributed by atoms with E-state index in [1.807, 2.05) is 11.1 Å². The Hall–Kier alpha value is -3.42. The number of hydrogen-bond acceptors (Lipinski definition) is 6. The van der Waals surface area contributed by atoms with Crippen LogP contribution in [-0.2, 0) is 4.79 Å². The fraction of sp³-hybridized carbons (Fsp3) is 0.364. The van der Waals surface area contributed by atoms with Crippen LogP contribution in [0.4, 0.5) is 11.6 Å². The van der Waals surface area contributed by atoms with Gasteiger partial charge < -0.3 is 20.3 Å². The Morgan fingerprint density at radius 1 is 1.23 bits per heavy atom. The minimum absolute atomic E-state index is 0.0384. The average molecular weight is 407 g/mol. The highest BCUT2D eigenvalue weighted by Gasteiger charge is 2.30. The first kappa shape index (κ1) is 19.9. The first-order valence-electron chi connectivity index (χ1n) is 10.1. The van der Waals surface area contributed by atoms with Crippen LogP contribution in [0.15, 0.2) is 43.1 Å². The van der Waals surface area contributed by atoms with E-state index >= 15 is 0 Å². The highest BCUT2D eigenvalue weighted by Crippen LogP contribution is 2.43. The Bertz CT molecular complexity index is 956. The van der Waals surface area contributed by atoms with Gasteiger partial charge in [-0.05, 0) is 55.5 Å². The van der Waals surface area contributed by atoms with E-state index in [1.54, 1.807) is 31.4 Å². The largest absolute Gasteiger partial charge is 0.481 e. The van der Waals surface area contributed by atoms with E-state index in [0.29, 0.717) is 42.1 Å². The second-order valence-electron chi connectivity index (χ2n) is 7.58. The number of rotatable bonds is 7. The van der Waals surface area contributed by atoms with Gasteiger partial charge in [-0.1, -0.05) is 6.58 Å². The maximum Gasteiger partial charge on any atom is 0.253 e. The number of carbonyl (C=O) groups excluding carboxylic acids is 2. The van der Waals surface area contributed by atoms with Crippen LogP contribution in [-0.4, -0.2) is 52.9 Å². The van der Waals surface area contributed by atoms with Gasteiger partial charge in [0.1, 0.15) is 0 Å². The zero-order chi connectivity index (χ0) is 21.1. The van der Waals surface area contributed by atoms with E-state index in [0.717, 1.165) is 24.8 Å². The van der Waals surface area contributed by atoms with Crippen LogP contribution in [0.3, 0.4) is 0 Å². The normalized spacial score (nSPS) is 18.0. The van der Waals surface area contributed by atoms with Gasteiger partial charge in [-0.15, -0.1) is 0 Å². The number of amides is 2. The highest BCUT2D eigenvalue weighted by atomic mass is 16.5. The minimum atomic E-state index is -0.286. The molecule has 1 saturated heterocycles. The number of likely N-dealkylation sites (tertiary alicyclic amines) is 1. The number of hydrogen-bond donors (Lipinski definition) is 2. The van der Waals surface area contributed by atoms with E-state index in [1.165, 1.54) is 6.08 Å². The maximum atomic E-state index is 12.8. The summed E-state index contributed by atoms with van der Waals surface area (Å²) in [7, 11) is 1.63. The van der Waals surface area contributed by atoms with Crippen molar-refractivity contribution in [3.8, 4) is 5.88 Å². The van der Waals surface area contributed by atoms with Crippen molar-refractivity contribution in [3.05, 3.63) is 54.2 Å². The summed E-state index contributed by atoms with van der Waals surface area (Å²) in [6.45, 7) is 4.65. The lowest BCUT2D eigenvalue weighted by Gasteiger charge is -2.18. The minimum Gasteiger partial charge on any atom is -0.481 e. The van der Waals surface area contributed by atoms with Crippen molar-refractivity contribution in [1.82, 2.24) is 14.9 Å². The number of carbonyl (C=O) groups is 2.